The van der Waals surface area contributed by atoms with Crippen LogP contribution in [0, 0.1) is 6.92 Å². The van der Waals surface area contributed by atoms with E-state index in [4.69, 9.17) is 4.74 Å². The van der Waals surface area contributed by atoms with E-state index in [0.717, 1.165) is 30.0 Å². The predicted octanol–water partition coefficient (Wildman–Crippen LogP) is 2.16. The molecule has 4 nitrogen and oxygen atoms in total. The lowest BCUT2D eigenvalue weighted by Crippen LogP contribution is -2.00. The highest BCUT2D eigenvalue weighted by molar-refractivity contribution is 5.72. The third kappa shape index (κ3) is 1.67. The first-order valence-electron chi connectivity index (χ1n) is 5.14. The lowest BCUT2D eigenvalue weighted by atomic mass is 10.4. The predicted molar refractivity (Wildman–Crippen MR) is 59.1 cm³/mol. The molecule has 2 aromatic heterocycles. The van der Waals surface area contributed by atoms with E-state index >= 15 is 0 Å². The van der Waals surface area contributed by atoms with Crippen LogP contribution in [0.3, 0.4) is 0 Å². The van der Waals surface area contributed by atoms with E-state index in [1.54, 1.807) is 7.11 Å². The van der Waals surface area contributed by atoms with E-state index in [1.807, 2.05) is 19.1 Å². The molecule has 2 heterocycles. The fourth-order valence-electron chi connectivity index (χ4n) is 1.70. The average molecular weight is 205 g/mol. The van der Waals surface area contributed by atoms with E-state index in [-0.39, 0.29) is 0 Å². The molecule has 0 aliphatic rings. The number of imidazole rings is 1. The molecule has 80 valence electrons. The molecule has 15 heavy (non-hydrogen) atoms. The minimum Gasteiger partial charge on any atom is -0.481 e. The van der Waals surface area contributed by atoms with Crippen LogP contribution in [0.5, 0.6) is 5.88 Å². The minimum absolute atomic E-state index is 0.639. The maximum Gasteiger partial charge on any atom is 0.215 e. The Hall–Kier alpha value is -1.58. The van der Waals surface area contributed by atoms with Crippen molar-refractivity contribution in [2.24, 2.45) is 0 Å². The number of nitrogens with zero attached hydrogens (tertiary/aromatic N) is 3. The Labute approximate surface area is 88.9 Å². The van der Waals surface area contributed by atoms with Gasteiger partial charge in [0.25, 0.3) is 0 Å². The summed E-state index contributed by atoms with van der Waals surface area (Å²) in [7, 11) is 1.63. The monoisotopic (exact) mass is 205 g/mol. The molecule has 0 radical (unpaired) electrons. The molecule has 0 N–H and O–H groups in total. The molecule has 0 unspecified atom stereocenters. The summed E-state index contributed by atoms with van der Waals surface area (Å²) in [5, 5.41) is 0. The van der Waals surface area contributed by atoms with Gasteiger partial charge in [0.15, 0.2) is 5.65 Å². The Morgan fingerprint density at radius 2 is 2.13 bits per heavy atom. The van der Waals surface area contributed by atoms with Crippen LogP contribution in [0.1, 0.15) is 19.2 Å². The molecule has 0 fully saturated rings. The van der Waals surface area contributed by atoms with Crippen LogP contribution < -0.4 is 4.74 Å². The highest BCUT2D eigenvalue weighted by Gasteiger charge is 2.08. The molecule has 0 saturated heterocycles. The Bertz CT molecular complexity index is 476. The molecule has 0 spiro atoms. The lowest BCUT2D eigenvalue weighted by molar-refractivity contribution is 0.399. The maximum absolute atomic E-state index is 5.11. The number of aryl methyl sites for hydroxylation is 2. The third-order valence-electron chi connectivity index (χ3n) is 2.41. The van der Waals surface area contributed by atoms with Gasteiger partial charge in [-0.1, -0.05) is 6.92 Å². The Morgan fingerprint density at radius 1 is 1.33 bits per heavy atom. The largest absolute Gasteiger partial charge is 0.481 e. The van der Waals surface area contributed by atoms with Crippen molar-refractivity contribution in [2.45, 2.75) is 26.8 Å². The van der Waals surface area contributed by atoms with Gasteiger partial charge in [-0.15, -0.1) is 0 Å². The first-order valence-corrected chi connectivity index (χ1v) is 5.14. The minimum atomic E-state index is 0.639. The van der Waals surface area contributed by atoms with Crippen molar-refractivity contribution in [3.05, 3.63) is 18.0 Å². The maximum atomic E-state index is 5.11. The van der Waals surface area contributed by atoms with Crippen LogP contribution in [0.15, 0.2) is 12.1 Å². The number of rotatable bonds is 3. The van der Waals surface area contributed by atoms with Gasteiger partial charge in [0.05, 0.1) is 7.11 Å². The fraction of sp³-hybridized carbons (Fsp3) is 0.455. The first kappa shape index (κ1) is 9.96. The molecule has 0 saturated carbocycles. The quantitative estimate of drug-likeness (QED) is 0.770. The van der Waals surface area contributed by atoms with Gasteiger partial charge in [-0.3, -0.25) is 0 Å². The normalized spacial score (nSPS) is 10.9. The highest BCUT2D eigenvalue weighted by atomic mass is 16.5. The summed E-state index contributed by atoms with van der Waals surface area (Å²) in [5.41, 5.74) is 1.84. The Morgan fingerprint density at radius 3 is 2.80 bits per heavy atom. The molecule has 0 aliphatic heterocycles. The van der Waals surface area contributed by atoms with Crippen LogP contribution in [0.4, 0.5) is 0 Å². The van der Waals surface area contributed by atoms with Crippen LogP contribution >= 0.6 is 0 Å². The molecule has 2 rings (SSSR count). The number of hydrogen-bond donors (Lipinski definition) is 0. The number of pyridine rings is 1. The van der Waals surface area contributed by atoms with Gasteiger partial charge in [-0.2, -0.15) is 4.98 Å². The summed E-state index contributed by atoms with van der Waals surface area (Å²) in [5.74, 6) is 1.65. The SMILES string of the molecule is CCCn1c(C)nc2ccc(OC)nc21. The summed E-state index contributed by atoms with van der Waals surface area (Å²) in [6, 6.07) is 3.78. The zero-order chi connectivity index (χ0) is 10.8. The van der Waals surface area contributed by atoms with E-state index in [1.165, 1.54) is 0 Å². The first-order chi connectivity index (χ1) is 7.26. The third-order valence-corrected chi connectivity index (χ3v) is 2.41. The fourth-order valence-corrected chi connectivity index (χ4v) is 1.70. The van der Waals surface area contributed by atoms with Crippen LogP contribution in [-0.2, 0) is 6.54 Å². The van der Waals surface area contributed by atoms with E-state index < -0.39 is 0 Å². The topological polar surface area (TPSA) is 39.9 Å². The van der Waals surface area contributed by atoms with Gasteiger partial charge in [-0.05, 0) is 19.4 Å². The number of aromatic nitrogens is 3. The van der Waals surface area contributed by atoms with Gasteiger partial charge >= 0.3 is 0 Å². The van der Waals surface area contributed by atoms with Crippen molar-refractivity contribution in [3.63, 3.8) is 0 Å². The van der Waals surface area contributed by atoms with Crippen molar-refractivity contribution in [2.75, 3.05) is 7.11 Å². The summed E-state index contributed by atoms with van der Waals surface area (Å²) in [6.45, 7) is 5.10. The summed E-state index contributed by atoms with van der Waals surface area (Å²) in [4.78, 5) is 8.86. The Kier molecular flexibility index (Phi) is 2.58. The number of methoxy groups -OCH3 is 1. The van der Waals surface area contributed by atoms with E-state index in [9.17, 15) is 0 Å². The van der Waals surface area contributed by atoms with Crippen LogP contribution in [-0.4, -0.2) is 21.6 Å². The standard InChI is InChI=1S/C11H15N3O/c1-4-7-14-8(2)12-9-5-6-10(15-3)13-11(9)14/h5-6H,4,7H2,1-3H3. The summed E-state index contributed by atoms with van der Waals surface area (Å²) in [6.07, 6.45) is 1.07. The van der Waals surface area contributed by atoms with Gasteiger partial charge < -0.3 is 9.30 Å². The lowest BCUT2D eigenvalue weighted by Gasteiger charge is -2.04. The molecule has 0 bridgehead atoms. The molecule has 0 amide bonds. The smallest absolute Gasteiger partial charge is 0.215 e. The second-order valence-electron chi connectivity index (χ2n) is 3.51. The van der Waals surface area contributed by atoms with E-state index in [0.29, 0.717) is 5.88 Å². The van der Waals surface area contributed by atoms with E-state index in [2.05, 4.69) is 21.5 Å². The number of fused-ring (bicyclic) bond motifs is 1. The van der Waals surface area contributed by atoms with Crippen molar-refractivity contribution < 1.29 is 4.74 Å². The number of ether oxygens (including phenoxy) is 1. The second-order valence-corrected chi connectivity index (χ2v) is 3.51. The van der Waals surface area contributed by atoms with Crippen molar-refractivity contribution in [1.82, 2.24) is 14.5 Å². The molecule has 0 aromatic carbocycles. The van der Waals surface area contributed by atoms with Gasteiger partial charge in [0.2, 0.25) is 5.88 Å². The average Bonchev–Trinajstić information content (AvgIpc) is 2.55. The van der Waals surface area contributed by atoms with Gasteiger partial charge in [0.1, 0.15) is 11.3 Å². The zero-order valence-corrected chi connectivity index (χ0v) is 9.32. The molecule has 0 aliphatic carbocycles. The van der Waals surface area contributed by atoms with Crippen molar-refractivity contribution in [3.8, 4) is 5.88 Å². The van der Waals surface area contributed by atoms with Gasteiger partial charge in [0, 0.05) is 12.6 Å². The zero-order valence-electron chi connectivity index (χ0n) is 9.32. The summed E-state index contributed by atoms with van der Waals surface area (Å²) >= 11 is 0. The molecule has 2 aromatic rings. The second kappa shape index (κ2) is 3.88. The highest BCUT2D eigenvalue weighted by Crippen LogP contribution is 2.17. The van der Waals surface area contributed by atoms with Crippen molar-refractivity contribution >= 4 is 11.2 Å². The Balaban J connectivity index is 2.61. The number of hydrogen-bond acceptors (Lipinski definition) is 3. The van der Waals surface area contributed by atoms with Crippen LogP contribution in [0.25, 0.3) is 11.2 Å². The summed E-state index contributed by atoms with van der Waals surface area (Å²) < 4.78 is 7.24. The van der Waals surface area contributed by atoms with Crippen molar-refractivity contribution in [1.29, 1.82) is 0 Å². The molecule has 0 atom stereocenters. The van der Waals surface area contributed by atoms with Crippen LogP contribution in [0.2, 0.25) is 0 Å². The molecule has 4 heteroatoms. The molecular formula is C11H15N3O. The van der Waals surface area contributed by atoms with Gasteiger partial charge in [-0.25, -0.2) is 4.98 Å². The molecular weight excluding hydrogens is 190 g/mol.